The van der Waals surface area contributed by atoms with Crippen molar-refractivity contribution < 1.29 is 19.4 Å². The predicted molar refractivity (Wildman–Crippen MR) is 77.8 cm³/mol. The Bertz CT molecular complexity index is 650. The van der Waals surface area contributed by atoms with Gasteiger partial charge in [-0.1, -0.05) is 18.2 Å². The van der Waals surface area contributed by atoms with E-state index in [4.69, 9.17) is 14.6 Å². The Kier molecular flexibility index (Phi) is 4.01. The zero-order chi connectivity index (χ0) is 14.7. The van der Waals surface area contributed by atoms with E-state index in [-0.39, 0.29) is 11.8 Å². The third-order valence-corrected chi connectivity index (χ3v) is 3.60. The van der Waals surface area contributed by atoms with Gasteiger partial charge in [-0.15, -0.1) is 0 Å². The fourth-order valence-electron chi connectivity index (χ4n) is 2.50. The molecule has 21 heavy (non-hydrogen) atoms. The van der Waals surface area contributed by atoms with Crippen LogP contribution < -0.4 is 4.74 Å². The number of carbonyl (C=O) groups is 1. The Morgan fingerprint density at radius 2 is 2.24 bits per heavy atom. The first-order chi connectivity index (χ1) is 10.2. The Labute approximate surface area is 122 Å². The summed E-state index contributed by atoms with van der Waals surface area (Å²) >= 11 is 0. The standard InChI is InChI=1S/C16H17NO4/c18-16(19)14-9-11-5-1-2-7-13(11)15(17-14)21-10-12-6-3-4-8-20-12/h1-2,5,7,9,12H,3-4,6,8,10H2,(H,18,19). The van der Waals surface area contributed by atoms with Gasteiger partial charge < -0.3 is 14.6 Å². The van der Waals surface area contributed by atoms with E-state index in [9.17, 15) is 4.79 Å². The number of pyridine rings is 1. The number of ether oxygens (including phenoxy) is 2. The number of carboxylic acid groups (broad SMARTS) is 1. The van der Waals surface area contributed by atoms with Crippen LogP contribution in [0.5, 0.6) is 5.88 Å². The fourth-order valence-corrected chi connectivity index (χ4v) is 2.50. The molecule has 1 saturated heterocycles. The van der Waals surface area contributed by atoms with Gasteiger partial charge in [-0.25, -0.2) is 9.78 Å². The maximum absolute atomic E-state index is 11.2. The van der Waals surface area contributed by atoms with Crippen molar-refractivity contribution >= 4 is 16.7 Å². The van der Waals surface area contributed by atoms with E-state index < -0.39 is 5.97 Å². The summed E-state index contributed by atoms with van der Waals surface area (Å²) in [6.07, 6.45) is 3.26. The van der Waals surface area contributed by atoms with Crippen LogP contribution in [-0.4, -0.2) is 35.4 Å². The number of hydrogen-bond donors (Lipinski definition) is 1. The molecular formula is C16H17NO4. The lowest BCUT2D eigenvalue weighted by Crippen LogP contribution is -2.26. The molecule has 2 heterocycles. The molecule has 1 aromatic carbocycles. The molecule has 1 unspecified atom stereocenters. The number of benzene rings is 1. The van der Waals surface area contributed by atoms with Gasteiger partial charge in [0.15, 0.2) is 5.69 Å². The van der Waals surface area contributed by atoms with Crippen molar-refractivity contribution in [1.82, 2.24) is 4.98 Å². The molecule has 5 heteroatoms. The van der Waals surface area contributed by atoms with Crippen LogP contribution in [0, 0.1) is 0 Å². The number of aromatic carboxylic acids is 1. The lowest BCUT2D eigenvalue weighted by Gasteiger charge is -2.22. The van der Waals surface area contributed by atoms with E-state index >= 15 is 0 Å². The maximum Gasteiger partial charge on any atom is 0.354 e. The van der Waals surface area contributed by atoms with Crippen molar-refractivity contribution in [2.75, 3.05) is 13.2 Å². The zero-order valence-electron chi connectivity index (χ0n) is 11.6. The van der Waals surface area contributed by atoms with Gasteiger partial charge in [0.05, 0.1) is 6.10 Å². The second kappa shape index (κ2) is 6.10. The Morgan fingerprint density at radius 1 is 1.38 bits per heavy atom. The molecule has 1 N–H and O–H groups in total. The van der Waals surface area contributed by atoms with Gasteiger partial charge in [0.2, 0.25) is 5.88 Å². The average Bonchev–Trinajstić information content (AvgIpc) is 2.53. The molecule has 1 aromatic heterocycles. The molecular weight excluding hydrogens is 270 g/mol. The maximum atomic E-state index is 11.2. The third kappa shape index (κ3) is 3.13. The first kappa shape index (κ1) is 13.8. The first-order valence-electron chi connectivity index (χ1n) is 7.11. The number of rotatable bonds is 4. The monoisotopic (exact) mass is 287 g/mol. The first-order valence-corrected chi connectivity index (χ1v) is 7.11. The second-order valence-electron chi connectivity index (χ2n) is 5.14. The SMILES string of the molecule is O=C(O)c1cc2ccccc2c(OCC2CCCCO2)n1. The summed E-state index contributed by atoms with van der Waals surface area (Å²) in [5.41, 5.74) is -0.00624. The zero-order valence-corrected chi connectivity index (χ0v) is 11.6. The van der Waals surface area contributed by atoms with Gasteiger partial charge in [0.25, 0.3) is 0 Å². The van der Waals surface area contributed by atoms with Gasteiger partial charge in [-0.2, -0.15) is 0 Å². The molecule has 0 aliphatic carbocycles. The largest absolute Gasteiger partial charge is 0.477 e. The summed E-state index contributed by atoms with van der Waals surface area (Å²) in [4.78, 5) is 15.3. The Balaban J connectivity index is 1.86. The van der Waals surface area contributed by atoms with Crippen molar-refractivity contribution in [3.63, 3.8) is 0 Å². The van der Waals surface area contributed by atoms with Crippen LogP contribution in [0.15, 0.2) is 30.3 Å². The minimum absolute atomic E-state index is 0.00624. The summed E-state index contributed by atoms with van der Waals surface area (Å²) in [6, 6.07) is 9.04. The second-order valence-corrected chi connectivity index (χ2v) is 5.14. The van der Waals surface area contributed by atoms with Gasteiger partial charge in [-0.05, 0) is 36.8 Å². The summed E-state index contributed by atoms with van der Waals surface area (Å²) < 4.78 is 11.4. The Hall–Kier alpha value is -2.14. The molecule has 110 valence electrons. The topological polar surface area (TPSA) is 68.7 Å². The van der Waals surface area contributed by atoms with Crippen LogP contribution in [0.3, 0.4) is 0 Å². The van der Waals surface area contributed by atoms with Crippen LogP contribution in [-0.2, 0) is 4.74 Å². The van der Waals surface area contributed by atoms with E-state index in [1.54, 1.807) is 6.07 Å². The Morgan fingerprint density at radius 3 is 3.00 bits per heavy atom. The number of fused-ring (bicyclic) bond motifs is 1. The molecule has 1 atom stereocenters. The molecule has 2 aromatic rings. The molecule has 3 rings (SSSR count). The lowest BCUT2D eigenvalue weighted by molar-refractivity contribution is -0.0116. The highest BCUT2D eigenvalue weighted by Gasteiger charge is 2.17. The van der Waals surface area contributed by atoms with E-state index in [0.717, 1.165) is 36.6 Å². The molecule has 0 saturated carbocycles. The highest BCUT2D eigenvalue weighted by Crippen LogP contribution is 2.25. The van der Waals surface area contributed by atoms with Crippen molar-refractivity contribution in [2.24, 2.45) is 0 Å². The van der Waals surface area contributed by atoms with Gasteiger partial charge in [0.1, 0.15) is 6.61 Å². The van der Waals surface area contributed by atoms with Crippen molar-refractivity contribution in [3.8, 4) is 5.88 Å². The summed E-state index contributed by atoms with van der Waals surface area (Å²) in [5, 5.41) is 10.8. The average molecular weight is 287 g/mol. The number of hydrogen-bond acceptors (Lipinski definition) is 4. The summed E-state index contributed by atoms with van der Waals surface area (Å²) in [6.45, 7) is 1.16. The summed E-state index contributed by atoms with van der Waals surface area (Å²) in [5.74, 6) is -0.695. The lowest BCUT2D eigenvalue weighted by atomic mass is 10.1. The molecule has 0 amide bonds. The highest BCUT2D eigenvalue weighted by atomic mass is 16.5. The van der Waals surface area contributed by atoms with E-state index in [1.165, 1.54) is 0 Å². The molecule has 5 nitrogen and oxygen atoms in total. The quantitative estimate of drug-likeness (QED) is 0.936. The minimum atomic E-state index is -1.06. The smallest absolute Gasteiger partial charge is 0.354 e. The molecule has 1 aliphatic rings. The van der Waals surface area contributed by atoms with Crippen LogP contribution >= 0.6 is 0 Å². The van der Waals surface area contributed by atoms with Crippen molar-refractivity contribution in [2.45, 2.75) is 25.4 Å². The van der Waals surface area contributed by atoms with Crippen LogP contribution in [0.1, 0.15) is 29.8 Å². The minimum Gasteiger partial charge on any atom is -0.477 e. The van der Waals surface area contributed by atoms with Gasteiger partial charge in [-0.3, -0.25) is 0 Å². The third-order valence-electron chi connectivity index (χ3n) is 3.60. The predicted octanol–water partition coefficient (Wildman–Crippen LogP) is 2.88. The normalized spacial score (nSPS) is 18.6. The van der Waals surface area contributed by atoms with E-state index in [0.29, 0.717) is 12.5 Å². The van der Waals surface area contributed by atoms with E-state index in [1.807, 2.05) is 24.3 Å². The van der Waals surface area contributed by atoms with Gasteiger partial charge in [0, 0.05) is 12.0 Å². The fraction of sp³-hybridized carbons (Fsp3) is 0.375. The molecule has 0 bridgehead atoms. The molecule has 1 fully saturated rings. The highest BCUT2D eigenvalue weighted by molar-refractivity contribution is 5.94. The number of nitrogens with zero attached hydrogens (tertiary/aromatic N) is 1. The van der Waals surface area contributed by atoms with Gasteiger partial charge >= 0.3 is 5.97 Å². The van der Waals surface area contributed by atoms with Crippen molar-refractivity contribution in [1.29, 1.82) is 0 Å². The molecule has 0 spiro atoms. The van der Waals surface area contributed by atoms with E-state index in [2.05, 4.69) is 4.98 Å². The number of carboxylic acids is 1. The van der Waals surface area contributed by atoms with Crippen LogP contribution in [0.2, 0.25) is 0 Å². The van der Waals surface area contributed by atoms with Crippen LogP contribution in [0.25, 0.3) is 10.8 Å². The van der Waals surface area contributed by atoms with Crippen LogP contribution in [0.4, 0.5) is 0 Å². The van der Waals surface area contributed by atoms with Crippen molar-refractivity contribution in [3.05, 3.63) is 36.0 Å². The molecule has 0 radical (unpaired) electrons. The molecule has 1 aliphatic heterocycles. The number of aromatic nitrogens is 1. The summed E-state index contributed by atoms with van der Waals surface area (Å²) in [7, 11) is 0.